The van der Waals surface area contributed by atoms with Crippen LogP contribution in [0.15, 0.2) is 118 Å². The van der Waals surface area contributed by atoms with E-state index in [2.05, 4.69) is 42.5 Å². The van der Waals surface area contributed by atoms with Gasteiger partial charge in [0.1, 0.15) is 0 Å². The van der Waals surface area contributed by atoms with Gasteiger partial charge >= 0.3 is 0 Å². The average molecular weight is 511 g/mol. The minimum atomic E-state index is 0. The molecule has 0 heterocycles. The van der Waals surface area contributed by atoms with Crippen molar-refractivity contribution in [2.75, 3.05) is 10.6 Å². The minimum absolute atomic E-state index is 0. The molecule has 0 radical (unpaired) electrons. The van der Waals surface area contributed by atoms with Crippen molar-refractivity contribution in [3.05, 3.63) is 126 Å². The number of anilines is 4. The van der Waals surface area contributed by atoms with Crippen LogP contribution in [0, 0.1) is 7.43 Å². The Balaban J connectivity index is 0.000000202. The van der Waals surface area contributed by atoms with E-state index < -0.39 is 0 Å². The molecule has 0 fully saturated rings. The fourth-order valence-corrected chi connectivity index (χ4v) is 2.97. The highest BCUT2D eigenvalue weighted by molar-refractivity contribution is 9.10. The molecule has 148 valence electrons. The fraction of sp³-hybridized carbons (Fsp3) is 0. The summed E-state index contributed by atoms with van der Waals surface area (Å²) in [4.78, 5) is 0. The summed E-state index contributed by atoms with van der Waals surface area (Å²) in [7, 11) is 0. The predicted molar refractivity (Wildman–Crippen MR) is 134 cm³/mol. The van der Waals surface area contributed by atoms with Crippen LogP contribution in [0.2, 0.25) is 0 Å². The second-order valence-corrected chi connectivity index (χ2v) is 7.83. The lowest BCUT2D eigenvalue weighted by Crippen LogP contribution is -1.88. The van der Waals surface area contributed by atoms with Gasteiger partial charge in [-0.05, 0) is 72.8 Å². The van der Waals surface area contributed by atoms with Crippen LogP contribution in [-0.2, 0) is 0 Å². The largest absolute Gasteiger partial charge is 0.358 e. The van der Waals surface area contributed by atoms with Crippen molar-refractivity contribution in [2.24, 2.45) is 0 Å². The van der Waals surface area contributed by atoms with Crippen LogP contribution in [0.5, 0.6) is 0 Å². The normalized spacial score (nSPS) is 9.45. The van der Waals surface area contributed by atoms with E-state index in [0.29, 0.717) is 0 Å². The molecule has 4 rings (SSSR count). The molecule has 0 aliphatic heterocycles. The van der Waals surface area contributed by atoms with Crippen molar-refractivity contribution in [3.8, 4) is 0 Å². The zero-order valence-corrected chi connectivity index (χ0v) is 19.3. The van der Waals surface area contributed by atoms with Gasteiger partial charge in [0.2, 0.25) is 0 Å². The van der Waals surface area contributed by atoms with Crippen molar-refractivity contribution in [2.45, 2.75) is 0 Å². The first-order valence-electron chi connectivity index (χ1n) is 8.84. The standard InChI is InChI=1S/C12H9Br2N.C12H11N.CH3/c13-9-1-5-11(6-2-9)15-12-7-3-10(14)4-8-12;1-3-7-11(8-4-1)13-12-9-5-2-6-10-12;/h1-8,15H;1-10,13H;1H3/q;;-1. The van der Waals surface area contributed by atoms with Crippen LogP contribution < -0.4 is 10.6 Å². The Morgan fingerprint density at radius 3 is 0.966 bits per heavy atom. The Hall–Kier alpha value is -2.56. The van der Waals surface area contributed by atoms with E-state index in [9.17, 15) is 0 Å². The number of benzene rings is 4. The zero-order chi connectivity index (χ0) is 19.6. The van der Waals surface area contributed by atoms with Gasteiger partial charge in [-0.25, -0.2) is 0 Å². The lowest BCUT2D eigenvalue weighted by Gasteiger charge is -2.06. The molecule has 0 saturated carbocycles. The molecule has 29 heavy (non-hydrogen) atoms. The topological polar surface area (TPSA) is 24.1 Å². The Morgan fingerprint density at radius 2 is 0.655 bits per heavy atom. The first-order valence-corrected chi connectivity index (χ1v) is 10.4. The van der Waals surface area contributed by atoms with Crippen LogP contribution >= 0.6 is 31.9 Å². The third-order valence-corrected chi connectivity index (χ3v) is 4.87. The summed E-state index contributed by atoms with van der Waals surface area (Å²) >= 11 is 6.81. The van der Waals surface area contributed by atoms with E-state index in [-0.39, 0.29) is 7.43 Å². The minimum Gasteiger partial charge on any atom is -0.358 e. The Bertz CT molecular complexity index is 874. The summed E-state index contributed by atoms with van der Waals surface area (Å²) < 4.78 is 2.17. The number of halogens is 2. The van der Waals surface area contributed by atoms with Crippen molar-refractivity contribution in [1.29, 1.82) is 0 Å². The van der Waals surface area contributed by atoms with Crippen molar-refractivity contribution < 1.29 is 0 Å². The summed E-state index contributed by atoms with van der Waals surface area (Å²) in [5, 5.41) is 6.62. The first kappa shape index (κ1) is 22.7. The third-order valence-electron chi connectivity index (χ3n) is 3.81. The zero-order valence-electron chi connectivity index (χ0n) is 16.1. The highest BCUT2D eigenvalue weighted by atomic mass is 79.9. The van der Waals surface area contributed by atoms with Crippen molar-refractivity contribution in [1.82, 2.24) is 0 Å². The quantitative estimate of drug-likeness (QED) is 0.268. The SMILES string of the molecule is Brc1ccc(Nc2ccc(Br)cc2)cc1.[CH3-].c1ccc(Nc2ccccc2)cc1. The fourth-order valence-electron chi connectivity index (χ4n) is 2.44. The molecule has 0 amide bonds. The van der Waals surface area contributed by atoms with E-state index in [1.807, 2.05) is 109 Å². The molecular weight excluding hydrogens is 488 g/mol. The molecule has 4 aromatic carbocycles. The van der Waals surface area contributed by atoms with Crippen molar-refractivity contribution in [3.63, 3.8) is 0 Å². The molecule has 0 saturated heterocycles. The Kier molecular flexibility index (Phi) is 9.48. The van der Waals surface area contributed by atoms with Gasteiger partial charge in [0.05, 0.1) is 0 Å². The van der Waals surface area contributed by atoms with Crippen LogP contribution in [0.3, 0.4) is 0 Å². The second-order valence-electron chi connectivity index (χ2n) is 6.00. The molecule has 4 heteroatoms. The van der Waals surface area contributed by atoms with Gasteiger partial charge in [-0.15, -0.1) is 0 Å². The third kappa shape index (κ3) is 8.14. The maximum absolute atomic E-state index is 3.41. The molecule has 0 aliphatic rings. The van der Waals surface area contributed by atoms with Crippen LogP contribution in [0.1, 0.15) is 0 Å². The Morgan fingerprint density at radius 1 is 0.379 bits per heavy atom. The summed E-state index contributed by atoms with van der Waals surface area (Å²) in [6.07, 6.45) is 0. The van der Waals surface area contributed by atoms with Gasteiger partial charge in [-0.3, -0.25) is 0 Å². The summed E-state index contributed by atoms with van der Waals surface area (Å²) in [5.74, 6) is 0. The monoisotopic (exact) mass is 509 g/mol. The maximum Gasteiger partial charge on any atom is 0.0384 e. The molecule has 4 aromatic rings. The van der Waals surface area contributed by atoms with E-state index in [1.54, 1.807) is 0 Å². The van der Waals surface area contributed by atoms with Crippen LogP contribution in [0.25, 0.3) is 0 Å². The lowest BCUT2D eigenvalue weighted by molar-refractivity contribution is 1.53. The summed E-state index contributed by atoms with van der Waals surface area (Å²) in [6.45, 7) is 0. The second kappa shape index (κ2) is 12.1. The van der Waals surface area contributed by atoms with Gasteiger partial charge in [0.15, 0.2) is 0 Å². The van der Waals surface area contributed by atoms with E-state index >= 15 is 0 Å². The highest BCUT2D eigenvalue weighted by Crippen LogP contribution is 2.20. The molecule has 2 nitrogen and oxygen atoms in total. The molecule has 0 unspecified atom stereocenters. The molecule has 0 aliphatic carbocycles. The average Bonchev–Trinajstić information content (AvgIpc) is 2.73. The molecule has 0 spiro atoms. The van der Waals surface area contributed by atoms with E-state index in [1.165, 1.54) is 0 Å². The number of rotatable bonds is 4. The van der Waals surface area contributed by atoms with Gasteiger partial charge < -0.3 is 18.1 Å². The molecule has 0 aromatic heterocycles. The number of para-hydroxylation sites is 2. The first-order chi connectivity index (χ1) is 13.7. The molecular formula is C25H23Br2N2-. The number of nitrogens with one attached hydrogen (secondary N) is 2. The predicted octanol–water partition coefficient (Wildman–Crippen LogP) is 8.84. The smallest absolute Gasteiger partial charge is 0.0384 e. The van der Waals surface area contributed by atoms with Gasteiger partial charge in [0.25, 0.3) is 0 Å². The highest BCUT2D eigenvalue weighted by Gasteiger charge is 1.94. The molecule has 2 N–H and O–H groups in total. The molecule has 0 bridgehead atoms. The summed E-state index contributed by atoms with van der Waals surface area (Å²) in [5.41, 5.74) is 4.41. The summed E-state index contributed by atoms with van der Waals surface area (Å²) in [6, 6.07) is 36.5. The van der Waals surface area contributed by atoms with E-state index in [4.69, 9.17) is 0 Å². The van der Waals surface area contributed by atoms with Crippen LogP contribution in [-0.4, -0.2) is 0 Å². The molecule has 0 atom stereocenters. The van der Waals surface area contributed by atoms with Crippen LogP contribution in [0.4, 0.5) is 22.7 Å². The van der Waals surface area contributed by atoms with Gasteiger partial charge in [0, 0.05) is 31.7 Å². The van der Waals surface area contributed by atoms with Gasteiger partial charge in [-0.2, -0.15) is 0 Å². The lowest BCUT2D eigenvalue weighted by atomic mass is 10.3. The van der Waals surface area contributed by atoms with Gasteiger partial charge in [-0.1, -0.05) is 68.3 Å². The maximum atomic E-state index is 3.41. The number of hydrogen-bond acceptors (Lipinski definition) is 2. The Labute approximate surface area is 190 Å². The van der Waals surface area contributed by atoms with Crippen molar-refractivity contribution >= 4 is 54.6 Å². The number of hydrogen-bond donors (Lipinski definition) is 2. The van der Waals surface area contributed by atoms with E-state index in [0.717, 1.165) is 31.7 Å².